The van der Waals surface area contributed by atoms with Gasteiger partial charge in [0.2, 0.25) is 0 Å². The van der Waals surface area contributed by atoms with E-state index in [1.807, 2.05) is 0 Å². The van der Waals surface area contributed by atoms with Crippen molar-refractivity contribution >= 4 is 0 Å². The zero-order chi connectivity index (χ0) is 12.4. The summed E-state index contributed by atoms with van der Waals surface area (Å²) in [6.07, 6.45) is 12.6. The van der Waals surface area contributed by atoms with Gasteiger partial charge in [-0.25, -0.2) is 0 Å². The molecule has 16 heavy (non-hydrogen) atoms. The maximum atomic E-state index is 2.50. The van der Waals surface area contributed by atoms with E-state index < -0.39 is 0 Å². The van der Waals surface area contributed by atoms with E-state index in [1.165, 1.54) is 57.8 Å². The van der Waals surface area contributed by atoms with Crippen molar-refractivity contribution in [2.45, 2.75) is 92.4 Å². The number of hydrogen-bond acceptors (Lipinski definition) is 0. The summed E-state index contributed by atoms with van der Waals surface area (Å²) in [5.74, 6) is 0.924. The smallest absolute Gasteiger partial charge is 0.0326 e. The average molecular weight is 226 g/mol. The largest absolute Gasteiger partial charge is 0.0654 e. The van der Waals surface area contributed by atoms with Gasteiger partial charge in [-0.15, -0.1) is 0 Å². The van der Waals surface area contributed by atoms with Gasteiger partial charge in [0.25, 0.3) is 0 Å². The Morgan fingerprint density at radius 3 is 2.06 bits per heavy atom. The van der Waals surface area contributed by atoms with Crippen molar-refractivity contribution in [3.05, 3.63) is 0 Å². The quantitative estimate of drug-likeness (QED) is 0.389. The Hall–Kier alpha value is 0. The van der Waals surface area contributed by atoms with E-state index in [0.29, 0.717) is 5.41 Å². The molecular formula is C16H34. The predicted octanol–water partition coefficient (Wildman–Crippen LogP) is 6.20. The Labute approximate surface area is 104 Å². The van der Waals surface area contributed by atoms with Crippen molar-refractivity contribution in [3.63, 3.8) is 0 Å². The van der Waals surface area contributed by atoms with Gasteiger partial charge in [-0.2, -0.15) is 0 Å². The van der Waals surface area contributed by atoms with Crippen molar-refractivity contribution in [1.82, 2.24) is 0 Å². The highest BCUT2D eigenvalue weighted by Crippen LogP contribution is 2.36. The summed E-state index contributed by atoms with van der Waals surface area (Å²) < 4.78 is 0. The Bertz CT molecular complexity index is 150. The highest BCUT2D eigenvalue weighted by Gasteiger charge is 2.23. The summed E-state index contributed by atoms with van der Waals surface area (Å²) in [6, 6.07) is 0. The highest BCUT2D eigenvalue weighted by molar-refractivity contribution is 4.75. The molecule has 0 aromatic heterocycles. The van der Waals surface area contributed by atoms with Gasteiger partial charge in [0.05, 0.1) is 0 Å². The highest BCUT2D eigenvalue weighted by atomic mass is 14.3. The normalized spacial score (nSPS) is 17.1. The van der Waals surface area contributed by atoms with Gasteiger partial charge in [-0.3, -0.25) is 0 Å². The second-order valence-corrected chi connectivity index (χ2v) is 6.07. The van der Waals surface area contributed by atoms with E-state index in [9.17, 15) is 0 Å². The van der Waals surface area contributed by atoms with Crippen LogP contribution in [-0.2, 0) is 0 Å². The van der Waals surface area contributed by atoms with Gasteiger partial charge in [0, 0.05) is 0 Å². The van der Waals surface area contributed by atoms with Crippen LogP contribution in [0.25, 0.3) is 0 Å². The molecule has 0 radical (unpaired) electrons. The van der Waals surface area contributed by atoms with Crippen LogP contribution in [0.1, 0.15) is 92.4 Å². The molecule has 0 aliphatic carbocycles. The van der Waals surface area contributed by atoms with Crippen molar-refractivity contribution in [3.8, 4) is 0 Å². The Morgan fingerprint density at radius 2 is 1.56 bits per heavy atom. The summed E-state index contributed by atoms with van der Waals surface area (Å²) >= 11 is 0. The fourth-order valence-electron chi connectivity index (χ4n) is 2.71. The SMILES string of the molecule is CCCCCC(C)CC(C)(CC)CCCC. The van der Waals surface area contributed by atoms with Gasteiger partial charge in [0.15, 0.2) is 0 Å². The Balaban J connectivity index is 3.89. The molecule has 0 spiro atoms. The van der Waals surface area contributed by atoms with Crippen LogP contribution in [0, 0.1) is 11.3 Å². The lowest BCUT2D eigenvalue weighted by Gasteiger charge is -2.31. The summed E-state index contributed by atoms with van der Waals surface area (Å²) in [7, 11) is 0. The first kappa shape index (κ1) is 16.0. The van der Waals surface area contributed by atoms with Gasteiger partial charge in [0.1, 0.15) is 0 Å². The first-order valence-corrected chi connectivity index (χ1v) is 7.58. The molecule has 0 heteroatoms. The summed E-state index contributed by atoms with van der Waals surface area (Å²) in [6.45, 7) is 11.9. The van der Waals surface area contributed by atoms with Crippen LogP contribution in [-0.4, -0.2) is 0 Å². The lowest BCUT2D eigenvalue weighted by atomic mass is 9.74. The minimum Gasteiger partial charge on any atom is -0.0654 e. The Kier molecular flexibility index (Phi) is 9.07. The maximum Gasteiger partial charge on any atom is -0.0326 e. The molecule has 2 unspecified atom stereocenters. The first-order chi connectivity index (χ1) is 7.58. The molecule has 0 fully saturated rings. The van der Waals surface area contributed by atoms with Crippen molar-refractivity contribution < 1.29 is 0 Å². The molecule has 0 nitrogen and oxygen atoms in total. The van der Waals surface area contributed by atoms with Crippen LogP contribution in [0.3, 0.4) is 0 Å². The van der Waals surface area contributed by atoms with Crippen LogP contribution in [0.15, 0.2) is 0 Å². The third kappa shape index (κ3) is 7.30. The van der Waals surface area contributed by atoms with Gasteiger partial charge in [-0.05, 0) is 24.2 Å². The average Bonchev–Trinajstić information content (AvgIpc) is 2.27. The molecular weight excluding hydrogens is 192 g/mol. The molecule has 0 saturated carbocycles. The minimum absolute atomic E-state index is 0.613. The number of hydrogen-bond donors (Lipinski definition) is 0. The fraction of sp³-hybridized carbons (Fsp3) is 1.00. The lowest BCUT2D eigenvalue weighted by Crippen LogP contribution is -2.19. The van der Waals surface area contributed by atoms with E-state index in [-0.39, 0.29) is 0 Å². The zero-order valence-electron chi connectivity index (χ0n) is 12.4. The topological polar surface area (TPSA) is 0 Å². The summed E-state index contributed by atoms with van der Waals surface area (Å²) in [5, 5.41) is 0. The molecule has 0 aromatic carbocycles. The third-order valence-electron chi connectivity index (χ3n) is 4.13. The standard InChI is InChI=1S/C16H34/c1-6-9-11-12-15(4)14-16(5,8-3)13-10-7-2/h15H,6-14H2,1-5H3. The molecule has 0 N–H and O–H groups in total. The minimum atomic E-state index is 0.613. The van der Waals surface area contributed by atoms with Crippen molar-refractivity contribution in [2.75, 3.05) is 0 Å². The van der Waals surface area contributed by atoms with Crippen molar-refractivity contribution in [2.24, 2.45) is 11.3 Å². The molecule has 0 bridgehead atoms. The molecule has 0 aliphatic heterocycles. The van der Waals surface area contributed by atoms with Crippen molar-refractivity contribution in [1.29, 1.82) is 0 Å². The van der Waals surface area contributed by atoms with Crippen LogP contribution in [0.2, 0.25) is 0 Å². The van der Waals surface area contributed by atoms with E-state index in [4.69, 9.17) is 0 Å². The molecule has 2 atom stereocenters. The third-order valence-corrected chi connectivity index (χ3v) is 4.13. The zero-order valence-corrected chi connectivity index (χ0v) is 12.4. The van der Waals surface area contributed by atoms with Gasteiger partial charge >= 0.3 is 0 Å². The fourth-order valence-corrected chi connectivity index (χ4v) is 2.71. The van der Waals surface area contributed by atoms with E-state index in [1.54, 1.807) is 0 Å². The molecule has 0 saturated heterocycles. The van der Waals surface area contributed by atoms with E-state index in [2.05, 4.69) is 34.6 Å². The molecule has 0 rings (SSSR count). The van der Waals surface area contributed by atoms with E-state index in [0.717, 1.165) is 5.92 Å². The van der Waals surface area contributed by atoms with Crippen LogP contribution in [0.5, 0.6) is 0 Å². The van der Waals surface area contributed by atoms with E-state index >= 15 is 0 Å². The molecule has 0 aliphatic rings. The van der Waals surface area contributed by atoms with Gasteiger partial charge in [-0.1, -0.05) is 79.6 Å². The van der Waals surface area contributed by atoms with Crippen LogP contribution in [0.4, 0.5) is 0 Å². The molecule has 0 aromatic rings. The second-order valence-electron chi connectivity index (χ2n) is 6.07. The Morgan fingerprint density at radius 1 is 0.938 bits per heavy atom. The lowest BCUT2D eigenvalue weighted by molar-refractivity contribution is 0.206. The van der Waals surface area contributed by atoms with Crippen LogP contribution < -0.4 is 0 Å². The predicted molar refractivity (Wildman–Crippen MR) is 75.8 cm³/mol. The molecule has 98 valence electrons. The summed E-state index contributed by atoms with van der Waals surface area (Å²) in [5.41, 5.74) is 0.613. The first-order valence-electron chi connectivity index (χ1n) is 7.58. The number of rotatable bonds is 10. The second kappa shape index (κ2) is 9.07. The summed E-state index contributed by atoms with van der Waals surface area (Å²) in [4.78, 5) is 0. The number of unbranched alkanes of at least 4 members (excludes halogenated alkanes) is 3. The maximum absolute atomic E-state index is 2.50. The van der Waals surface area contributed by atoms with Gasteiger partial charge < -0.3 is 0 Å². The molecule has 0 amide bonds. The monoisotopic (exact) mass is 226 g/mol. The molecule has 0 heterocycles. The van der Waals surface area contributed by atoms with Crippen LogP contribution >= 0.6 is 0 Å².